The maximum atomic E-state index is 14.1. The molecule has 0 aromatic heterocycles. The lowest BCUT2D eigenvalue weighted by molar-refractivity contribution is -0.119. The summed E-state index contributed by atoms with van der Waals surface area (Å²) >= 11 is 0. The first-order chi connectivity index (χ1) is 13.5. The van der Waals surface area contributed by atoms with Crippen molar-refractivity contribution < 1.29 is 14.0 Å². The third-order valence-electron chi connectivity index (χ3n) is 5.25. The number of rotatable bonds is 1. The van der Waals surface area contributed by atoms with Crippen LogP contribution < -0.4 is 15.5 Å². The van der Waals surface area contributed by atoms with E-state index in [9.17, 15) is 14.0 Å². The van der Waals surface area contributed by atoms with E-state index in [1.807, 2.05) is 19.1 Å². The molecule has 0 saturated carbocycles. The van der Waals surface area contributed by atoms with E-state index in [2.05, 4.69) is 10.6 Å². The van der Waals surface area contributed by atoms with Crippen molar-refractivity contribution in [3.05, 3.63) is 89.2 Å². The van der Waals surface area contributed by atoms with Gasteiger partial charge in [-0.3, -0.25) is 14.5 Å². The zero-order chi connectivity index (χ0) is 19.5. The van der Waals surface area contributed by atoms with E-state index in [0.717, 1.165) is 5.56 Å². The van der Waals surface area contributed by atoms with Crippen LogP contribution in [0.15, 0.2) is 66.7 Å². The predicted octanol–water partition coefficient (Wildman–Crippen LogP) is 4.01. The number of carbonyl (C=O) groups excluding carboxylic acids is 2. The van der Waals surface area contributed by atoms with E-state index in [1.165, 1.54) is 23.1 Å². The van der Waals surface area contributed by atoms with E-state index in [-0.39, 0.29) is 5.91 Å². The van der Waals surface area contributed by atoms with Gasteiger partial charge in [0.15, 0.2) is 0 Å². The summed E-state index contributed by atoms with van der Waals surface area (Å²) in [7, 11) is 0. The van der Waals surface area contributed by atoms with E-state index in [1.54, 1.807) is 36.4 Å². The van der Waals surface area contributed by atoms with Gasteiger partial charge >= 0.3 is 0 Å². The Balaban J connectivity index is 1.82. The van der Waals surface area contributed by atoms with Gasteiger partial charge in [-0.25, -0.2) is 4.39 Å². The molecule has 0 saturated heterocycles. The number of halogens is 1. The summed E-state index contributed by atoms with van der Waals surface area (Å²) in [5.41, 5.74) is 1.83. The van der Waals surface area contributed by atoms with Gasteiger partial charge in [0, 0.05) is 22.6 Å². The fourth-order valence-corrected chi connectivity index (χ4v) is 3.91. The standard InChI is InChI=1S/C22H16FN3O2/c1-13-6-9-15(10-7-13)26-20(27)16-4-2-3-5-18(16)25-22(26)17-12-14(23)8-11-19(17)24-21(22)28/h2-12,25H,1H3,(H,24,28)/t22-/m1/s1. The molecule has 1 atom stereocenters. The molecule has 2 N–H and O–H groups in total. The fourth-order valence-electron chi connectivity index (χ4n) is 3.91. The van der Waals surface area contributed by atoms with Crippen molar-refractivity contribution in [2.24, 2.45) is 0 Å². The minimum Gasteiger partial charge on any atom is -0.350 e. The van der Waals surface area contributed by atoms with Crippen LogP contribution in [0.25, 0.3) is 0 Å². The van der Waals surface area contributed by atoms with E-state index >= 15 is 0 Å². The van der Waals surface area contributed by atoms with Crippen molar-refractivity contribution in [3.8, 4) is 0 Å². The number of nitrogens with zero attached hydrogens (tertiary/aromatic N) is 1. The van der Waals surface area contributed by atoms with Crippen molar-refractivity contribution in [2.75, 3.05) is 15.5 Å². The van der Waals surface area contributed by atoms with Crippen LogP contribution in [0.4, 0.5) is 21.5 Å². The number of amides is 2. The van der Waals surface area contributed by atoms with E-state index < -0.39 is 17.4 Å². The van der Waals surface area contributed by atoms with Crippen LogP contribution in [-0.4, -0.2) is 11.8 Å². The largest absolute Gasteiger partial charge is 0.350 e. The highest BCUT2D eigenvalue weighted by Gasteiger charge is 2.57. The molecule has 6 heteroatoms. The molecule has 2 heterocycles. The van der Waals surface area contributed by atoms with Gasteiger partial charge < -0.3 is 10.6 Å². The van der Waals surface area contributed by atoms with Gasteiger partial charge in [0.25, 0.3) is 11.8 Å². The number of benzene rings is 3. The number of hydrogen-bond acceptors (Lipinski definition) is 3. The lowest BCUT2D eigenvalue weighted by Crippen LogP contribution is -2.61. The summed E-state index contributed by atoms with van der Waals surface area (Å²) in [5, 5.41) is 6.01. The van der Waals surface area contributed by atoms with Crippen molar-refractivity contribution in [1.82, 2.24) is 0 Å². The van der Waals surface area contributed by atoms with Crippen LogP contribution in [0, 0.1) is 12.7 Å². The summed E-state index contributed by atoms with van der Waals surface area (Å²) in [6.45, 7) is 1.94. The molecule has 2 aliphatic heterocycles. The van der Waals surface area contributed by atoms with Gasteiger partial charge in [-0.2, -0.15) is 0 Å². The summed E-state index contributed by atoms with van der Waals surface area (Å²) in [4.78, 5) is 28.2. The number of aryl methyl sites for hydroxylation is 1. The Bertz CT molecular complexity index is 1140. The van der Waals surface area contributed by atoms with Crippen LogP contribution in [0.3, 0.4) is 0 Å². The molecule has 5 nitrogen and oxygen atoms in total. The molecule has 5 rings (SSSR count). The van der Waals surface area contributed by atoms with Crippen LogP contribution >= 0.6 is 0 Å². The second kappa shape index (κ2) is 5.66. The first kappa shape index (κ1) is 16.5. The molecule has 0 bridgehead atoms. The molecule has 3 aromatic rings. The Hall–Kier alpha value is -3.67. The molecule has 2 aliphatic rings. The second-order valence-corrected chi connectivity index (χ2v) is 7.00. The van der Waals surface area contributed by atoms with Gasteiger partial charge in [-0.15, -0.1) is 0 Å². The molecule has 28 heavy (non-hydrogen) atoms. The maximum Gasteiger partial charge on any atom is 0.276 e. The first-order valence-corrected chi connectivity index (χ1v) is 8.90. The van der Waals surface area contributed by atoms with Crippen LogP contribution in [0.5, 0.6) is 0 Å². The van der Waals surface area contributed by atoms with Crippen LogP contribution in [0.2, 0.25) is 0 Å². The minimum absolute atomic E-state index is 0.328. The van der Waals surface area contributed by atoms with Crippen LogP contribution in [-0.2, 0) is 10.5 Å². The second-order valence-electron chi connectivity index (χ2n) is 7.00. The Kier molecular flexibility index (Phi) is 3.34. The highest BCUT2D eigenvalue weighted by molar-refractivity contribution is 6.21. The highest BCUT2D eigenvalue weighted by atomic mass is 19.1. The smallest absolute Gasteiger partial charge is 0.276 e. The first-order valence-electron chi connectivity index (χ1n) is 8.90. The van der Waals surface area contributed by atoms with Gasteiger partial charge in [-0.1, -0.05) is 29.8 Å². The monoisotopic (exact) mass is 373 g/mol. The number of anilines is 3. The normalized spacial score (nSPS) is 19.9. The summed E-state index contributed by atoms with van der Waals surface area (Å²) in [5.74, 6) is -1.24. The van der Waals surface area contributed by atoms with E-state index in [4.69, 9.17) is 0 Å². The molecule has 1 spiro atoms. The van der Waals surface area contributed by atoms with Crippen LogP contribution in [0.1, 0.15) is 21.5 Å². The fraction of sp³-hybridized carbons (Fsp3) is 0.0909. The topological polar surface area (TPSA) is 61.4 Å². The van der Waals surface area contributed by atoms with Gasteiger partial charge in [-0.05, 0) is 49.4 Å². The molecule has 0 unspecified atom stereocenters. The SMILES string of the molecule is Cc1ccc(N2C(=O)c3ccccc3N[C@@]23C(=O)Nc2ccc(F)cc23)cc1. The zero-order valence-electron chi connectivity index (χ0n) is 15.0. The average Bonchev–Trinajstić information content (AvgIpc) is 2.95. The minimum atomic E-state index is -1.57. The lowest BCUT2D eigenvalue weighted by atomic mass is 9.92. The molecule has 138 valence electrons. The Labute approximate surface area is 160 Å². The van der Waals surface area contributed by atoms with E-state index in [0.29, 0.717) is 28.2 Å². The molecule has 0 fully saturated rings. The van der Waals surface area contributed by atoms with Crippen molar-refractivity contribution in [3.63, 3.8) is 0 Å². The number of hydrogen-bond donors (Lipinski definition) is 2. The summed E-state index contributed by atoms with van der Waals surface area (Å²) in [6, 6.07) is 18.4. The Morgan fingerprint density at radius 3 is 2.46 bits per heavy atom. The van der Waals surface area contributed by atoms with Crippen molar-refractivity contribution >= 4 is 28.9 Å². The van der Waals surface area contributed by atoms with Gasteiger partial charge in [0.2, 0.25) is 5.66 Å². The number of fused-ring (bicyclic) bond motifs is 3. The zero-order valence-corrected chi connectivity index (χ0v) is 15.0. The molecule has 0 radical (unpaired) electrons. The number of nitrogens with one attached hydrogen (secondary N) is 2. The molecule has 0 aliphatic carbocycles. The molecular formula is C22H16FN3O2. The molecular weight excluding hydrogens is 357 g/mol. The lowest BCUT2D eigenvalue weighted by Gasteiger charge is -2.44. The number of para-hydroxylation sites is 1. The van der Waals surface area contributed by atoms with Gasteiger partial charge in [0.05, 0.1) is 5.56 Å². The van der Waals surface area contributed by atoms with Gasteiger partial charge in [0.1, 0.15) is 5.82 Å². The highest BCUT2D eigenvalue weighted by Crippen LogP contribution is 2.47. The maximum absolute atomic E-state index is 14.1. The average molecular weight is 373 g/mol. The third kappa shape index (κ3) is 2.11. The molecule has 3 aromatic carbocycles. The molecule has 2 amide bonds. The quantitative estimate of drug-likeness (QED) is 0.678. The Morgan fingerprint density at radius 1 is 0.929 bits per heavy atom. The third-order valence-corrected chi connectivity index (χ3v) is 5.25. The predicted molar refractivity (Wildman–Crippen MR) is 105 cm³/mol. The Morgan fingerprint density at radius 2 is 1.68 bits per heavy atom. The van der Waals surface area contributed by atoms with Crippen molar-refractivity contribution in [2.45, 2.75) is 12.6 Å². The summed E-state index contributed by atoms with van der Waals surface area (Å²) in [6.07, 6.45) is 0. The summed E-state index contributed by atoms with van der Waals surface area (Å²) < 4.78 is 14.1. The van der Waals surface area contributed by atoms with Crippen molar-refractivity contribution in [1.29, 1.82) is 0 Å². The number of carbonyl (C=O) groups is 2.